The van der Waals surface area contributed by atoms with Crippen LogP contribution in [-0.2, 0) is 6.54 Å². The Morgan fingerprint density at radius 1 is 1.19 bits per heavy atom. The van der Waals surface area contributed by atoms with Crippen molar-refractivity contribution in [1.82, 2.24) is 14.6 Å². The average molecular weight is 371 g/mol. The van der Waals surface area contributed by atoms with E-state index in [2.05, 4.69) is 10.4 Å². The number of imidazole rings is 1. The van der Waals surface area contributed by atoms with Crippen LogP contribution in [0, 0.1) is 0 Å². The Hall–Kier alpha value is -2.31. The second-order valence-electron chi connectivity index (χ2n) is 6.98. The Morgan fingerprint density at radius 2 is 1.96 bits per heavy atom. The molecular weight excluding hydrogens is 348 g/mol. The highest BCUT2D eigenvalue weighted by molar-refractivity contribution is 6.31. The number of fused-ring (bicyclic) bond motifs is 1. The van der Waals surface area contributed by atoms with Gasteiger partial charge < -0.3 is 16.8 Å². The molecule has 7 heteroatoms. The van der Waals surface area contributed by atoms with Gasteiger partial charge in [0.1, 0.15) is 5.82 Å². The highest BCUT2D eigenvalue weighted by Crippen LogP contribution is 2.32. The first-order chi connectivity index (χ1) is 12.6. The topological polar surface area (TPSA) is 94.3 Å². The Labute approximate surface area is 157 Å². The molecule has 26 heavy (non-hydrogen) atoms. The summed E-state index contributed by atoms with van der Waals surface area (Å²) in [4.78, 5) is 4.72. The van der Waals surface area contributed by atoms with E-state index in [4.69, 9.17) is 28.1 Å². The lowest BCUT2D eigenvalue weighted by atomic mass is 9.85. The van der Waals surface area contributed by atoms with Gasteiger partial charge in [0, 0.05) is 29.6 Å². The van der Waals surface area contributed by atoms with Crippen molar-refractivity contribution in [3.63, 3.8) is 0 Å². The predicted octanol–water partition coefficient (Wildman–Crippen LogP) is 3.56. The number of rotatable bonds is 4. The molecule has 0 radical (unpaired) electrons. The zero-order valence-corrected chi connectivity index (χ0v) is 15.3. The number of nitrogens with zero attached hydrogens (tertiary/aromatic N) is 3. The van der Waals surface area contributed by atoms with Crippen LogP contribution in [0.5, 0.6) is 0 Å². The van der Waals surface area contributed by atoms with Gasteiger partial charge >= 0.3 is 0 Å². The van der Waals surface area contributed by atoms with Gasteiger partial charge in [-0.15, -0.1) is 5.10 Å². The molecular formula is C19H23ClN6. The lowest BCUT2D eigenvalue weighted by Crippen LogP contribution is -2.25. The fourth-order valence-corrected chi connectivity index (χ4v) is 3.75. The van der Waals surface area contributed by atoms with Gasteiger partial charge in [0.15, 0.2) is 5.65 Å². The van der Waals surface area contributed by atoms with Gasteiger partial charge in [-0.25, -0.2) is 9.50 Å². The van der Waals surface area contributed by atoms with Gasteiger partial charge in [-0.1, -0.05) is 29.8 Å². The molecule has 0 spiro atoms. The first kappa shape index (κ1) is 17.1. The van der Waals surface area contributed by atoms with Crippen LogP contribution in [0.15, 0.2) is 36.5 Å². The van der Waals surface area contributed by atoms with E-state index in [0.717, 1.165) is 42.0 Å². The van der Waals surface area contributed by atoms with Crippen molar-refractivity contribution < 1.29 is 0 Å². The summed E-state index contributed by atoms with van der Waals surface area (Å²) >= 11 is 6.21. The Morgan fingerprint density at radius 3 is 2.73 bits per heavy atom. The first-order valence-electron chi connectivity index (χ1n) is 8.99. The van der Waals surface area contributed by atoms with E-state index >= 15 is 0 Å². The van der Waals surface area contributed by atoms with Crippen molar-refractivity contribution in [2.24, 2.45) is 5.73 Å². The molecule has 136 valence electrons. The molecule has 1 aliphatic carbocycles. The summed E-state index contributed by atoms with van der Waals surface area (Å²) in [6.07, 6.45) is 6.23. The van der Waals surface area contributed by atoms with Gasteiger partial charge in [-0.3, -0.25) is 0 Å². The number of anilines is 2. The molecule has 2 aromatic heterocycles. The highest BCUT2D eigenvalue weighted by atomic mass is 35.5. The van der Waals surface area contributed by atoms with Gasteiger partial charge in [0.25, 0.3) is 0 Å². The minimum absolute atomic E-state index is 0.326. The summed E-state index contributed by atoms with van der Waals surface area (Å²) in [7, 11) is 0. The highest BCUT2D eigenvalue weighted by Gasteiger charge is 2.23. The van der Waals surface area contributed by atoms with Crippen LogP contribution in [0.3, 0.4) is 0 Å². The van der Waals surface area contributed by atoms with Crippen LogP contribution in [-0.4, -0.2) is 20.6 Å². The van der Waals surface area contributed by atoms with Crippen LogP contribution in [0.4, 0.5) is 11.5 Å². The van der Waals surface area contributed by atoms with Gasteiger partial charge in [-0.2, -0.15) is 0 Å². The maximum Gasteiger partial charge on any atom is 0.177 e. The molecule has 0 atom stereocenters. The molecule has 1 aromatic carbocycles. The van der Waals surface area contributed by atoms with Crippen LogP contribution < -0.4 is 16.8 Å². The smallest absolute Gasteiger partial charge is 0.177 e. The Balaban J connectivity index is 1.55. The standard InChI is InChI=1S/C19H23ClN6/c20-15-4-2-1-3-13(15)10-23-18-9-16(22)19-24-17(11-26(19)25-18)12-5-7-14(21)8-6-12/h1-4,9,11-12,14H,5-8,10,21-22H2,(H,23,25)/t12-,14-. The fourth-order valence-electron chi connectivity index (χ4n) is 3.54. The van der Waals surface area contributed by atoms with Crippen LogP contribution in [0.1, 0.15) is 42.9 Å². The SMILES string of the molecule is Nc1cc(NCc2ccccc2Cl)nn2cc([C@H]3CC[C@H](N)CC3)nc12. The molecule has 0 bridgehead atoms. The number of hydrogen-bond acceptors (Lipinski definition) is 5. The Kier molecular flexibility index (Phi) is 4.70. The second-order valence-corrected chi connectivity index (χ2v) is 7.38. The summed E-state index contributed by atoms with van der Waals surface area (Å²) in [5.41, 5.74) is 15.6. The van der Waals surface area contributed by atoms with Crippen molar-refractivity contribution in [3.05, 3.63) is 52.8 Å². The molecule has 0 amide bonds. The molecule has 1 fully saturated rings. The van der Waals surface area contributed by atoms with E-state index in [0.29, 0.717) is 35.7 Å². The maximum absolute atomic E-state index is 6.21. The van der Waals surface area contributed by atoms with E-state index in [1.54, 1.807) is 4.52 Å². The number of nitrogen functional groups attached to an aromatic ring is 1. The van der Waals surface area contributed by atoms with E-state index in [1.807, 2.05) is 36.5 Å². The molecule has 5 N–H and O–H groups in total. The average Bonchev–Trinajstić information content (AvgIpc) is 3.06. The quantitative estimate of drug-likeness (QED) is 0.652. The van der Waals surface area contributed by atoms with E-state index in [-0.39, 0.29) is 0 Å². The summed E-state index contributed by atoms with van der Waals surface area (Å²) < 4.78 is 1.77. The van der Waals surface area contributed by atoms with Crippen molar-refractivity contribution in [1.29, 1.82) is 0 Å². The largest absolute Gasteiger partial charge is 0.396 e. The number of benzene rings is 1. The number of aromatic nitrogens is 3. The van der Waals surface area contributed by atoms with Gasteiger partial charge in [0.2, 0.25) is 0 Å². The summed E-state index contributed by atoms with van der Waals surface area (Å²) in [6, 6.07) is 9.89. The van der Waals surface area contributed by atoms with Gasteiger partial charge in [-0.05, 0) is 37.3 Å². The molecule has 6 nitrogen and oxygen atoms in total. The number of nitrogens with two attached hydrogens (primary N) is 2. The number of halogens is 1. The lowest BCUT2D eigenvalue weighted by Gasteiger charge is -2.24. The van der Waals surface area contributed by atoms with E-state index < -0.39 is 0 Å². The minimum atomic E-state index is 0.326. The Bertz CT molecular complexity index is 914. The third-order valence-corrected chi connectivity index (χ3v) is 5.45. The van der Waals surface area contributed by atoms with Crippen molar-refractivity contribution in [2.75, 3.05) is 11.1 Å². The number of nitrogens with one attached hydrogen (secondary N) is 1. The van der Waals surface area contributed by atoms with Gasteiger partial charge in [0.05, 0.1) is 17.6 Å². The predicted molar refractivity (Wildman–Crippen MR) is 105 cm³/mol. The third kappa shape index (κ3) is 3.48. The molecule has 3 aromatic rings. The van der Waals surface area contributed by atoms with Crippen molar-refractivity contribution >= 4 is 28.8 Å². The third-order valence-electron chi connectivity index (χ3n) is 5.08. The van der Waals surface area contributed by atoms with Crippen molar-refractivity contribution in [3.8, 4) is 0 Å². The molecule has 0 unspecified atom stereocenters. The summed E-state index contributed by atoms with van der Waals surface area (Å²) in [5.74, 6) is 1.14. The minimum Gasteiger partial charge on any atom is -0.396 e. The van der Waals surface area contributed by atoms with E-state index in [1.165, 1.54) is 0 Å². The second kappa shape index (κ2) is 7.13. The van der Waals surface area contributed by atoms with Crippen LogP contribution in [0.25, 0.3) is 5.65 Å². The van der Waals surface area contributed by atoms with Crippen LogP contribution >= 0.6 is 11.6 Å². The molecule has 4 rings (SSSR count). The summed E-state index contributed by atoms with van der Waals surface area (Å²) in [6.45, 7) is 0.583. The lowest BCUT2D eigenvalue weighted by molar-refractivity contribution is 0.391. The monoisotopic (exact) mass is 370 g/mol. The molecule has 1 aliphatic rings. The van der Waals surface area contributed by atoms with Crippen LogP contribution in [0.2, 0.25) is 5.02 Å². The zero-order valence-electron chi connectivity index (χ0n) is 14.5. The molecule has 1 saturated carbocycles. The first-order valence-corrected chi connectivity index (χ1v) is 9.36. The normalized spacial score (nSPS) is 20.4. The maximum atomic E-state index is 6.21. The molecule has 2 heterocycles. The zero-order chi connectivity index (χ0) is 18.1. The summed E-state index contributed by atoms with van der Waals surface area (Å²) in [5, 5.41) is 8.63. The van der Waals surface area contributed by atoms with E-state index in [9.17, 15) is 0 Å². The molecule has 0 aliphatic heterocycles. The molecule has 0 saturated heterocycles. The van der Waals surface area contributed by atoms with Crippen molar-refractivity contribution in [2.45, 2.75) is 44.2 Å². The fraction of sp³-hybridized carbons (Fsp3) is 0.368. The number of hydrogen-bond donors (Lipinski definition) is 3.